The van der Waals surface area contributed by atoms with Crippen LogP contribution < -0.4 is 5.32 Å². The summed E-state index contributed by atoms with van der Waals surface area (Å²) in [4.78, 5) is 9.02. The highest BCUT2D eigenvalue weighted by molar-refractivity contribution is 5.80. The Morgan fingerprint density at radius 3 is 2.79 bits per heavy atom. The van der Waals surface area contributed by atoms with Crippen LogP contribution in [0.1, 0.15) is 31.4 Å². The first-order valence-electron chi connectivity index (χ1n) is 8.51. The second-order valence-electron chi connectivity index (χ2n) is 5.93. The third-order valence-electron chi connectivity index (χ3n) is 4.62. The molecule has 130 valence electrons. The number of guanidine groups is 1. The molecule has 0 spiro atoms. The summed E-state index contributed by atoms with van der Waals surface area (Å²) in [6.45, 7) is 8.74. The number of halogens is 1. The van der Waals surface area contributed by atoms with E-state index < -0.39 is 0 Å². The van der Waals surface area contributed by atoms with Gasteiger partial charge in [0, 0.05) is 38.3 Å². The standard InChI is InChI=1S/C18H26FN5/c1-4-23(5-2)16-8-9-24(13-16)18(21-3)22-12-15-7-6-14(11-20)10-17(15)19/h6-7,10,16H,4-5,8-9,12-13H2,1-3H3,(H,21,22). The van der Waals surface area contributed by atoms with E-state index in [9.17, 15) is 4.39 Å². The van der Waals surface area contributed by atoms with Gasteiger partial charge in [-0.25, -0.2) is 4.39 Å². The van der Waals surface area contributed by atoms with E-state index in [1.165, 1.54) is 6.07 Å². The molecular formula is C18H26FN5. The number of aliphatic imine (C=N–C) groups is 1. The van der Waals surface area contributed by atoms with E-state index in [0.29, 0.717) is 23.7 Å². The Balaban J connectivity index is 1.95. The zero-order valence-electron chi connectivity index (χ0n) is 14.7. The predicted molar refractivity (Wildman–Crippen MR) is 94.2 cm³/mol. The molecule has 1 N–H and O–H groups in total. The molecule has 24 heavy (non-hydrogen) atoms. The molecule has 1 saturated heterocycles. The van der Waals surface area contributed by atoms with Gasteiger partial charge < -0.3 is 10.2 Å². The number of nitrogens with zero attached hydrogens (tertiary/aromatic N) is 4. The van der Waals surface area contributed by atoms with E-state index >= 15 is 0 Å². The van der Waals surface area contributed by atoms with Crippen LogP contribution in [-0.2, 0) is 6.54 Å². The number of hydrogen-bond acceptors (Lipinski definition) is 3. The van der Waals surface area contributed by atoms with Crippen molar-refractivity contribution in [3.63, 3.8) is 0 Å². The van der Waals surface area contributed by atoms with Crippen molar-refractivity contribution in [1.82, 2.24) is 15.1 Å². The Hall–Kier alpha value is -2.13. The fraction of sp³-hybridized carbons (Fsp3) is 0.556. The van der Waals surface area contributed by atoms with Gasteiger partial charge in [-0.05, 0) is 31.6 Å². The van der Waals surface area contributed by atoms with Gasteiger partial charge in [0.05, 0.1) is 11.6 Å². The number of nitrogens with one attached hydrogen (secondary N) is 1. The Morgan fingerprint density at radius 2 is 2.21 bits per heavy atom. The molecule has 1 aromatic rings. The predicted octanol–water partition coefficient (Wildman–Crippen LogP) is 2.19. The average Bonchev–Trinajstić information content (AvgIpc) is 3.07. The molecule has 5 nitrogen and oxygen atoms in total. The first-order chi connectivity index (χ1) is 11.6. The number of nitriles is 1. The lowest BCUT2D eigenvalue weighted by Gasteiger charge is -2.27. The van der Waals surface area contributed by atoms with Gasteiger partial charge in [0.2, 0.25) is 0 Å². The van der Waals surface area contributed by atoms with Crippen LogP contribution in [0, 0.1) is 17.1 Å². The highest BCUT2D eigenvalue weighted by Gasteiger charge is 2.27. The van der Waals surface area contributed by atoms with Gasteiger partial charge in [-0.2, -0.15) is 5.26 Å². The third kappa shape index (κ3) is 4.24. The zero-order valence-corrected chi connectivity index (χ0v) is 14.7. The largest absolute Gasteiger partial charge is 0.352 e. The number of likely N-dealkylation sites (tertiary alicyclic amines) is 1. The second-order valence-corrected chi connectivity index (χ2v) is 5.93. The lowest BCUT2D eigenvalue weighted by Crippen LogP contribution is -2.43. The number of benzene rings is 1. The van der Waals surface area contributed by atoms with E-state index in [1.54, 1.807) is 19.2 Å². The molecule has 0 aromatic heterocycles. The van der Waals surface area contributed by atoms with Crippen LogP contribution in [0.4, 0.5) is 4.39 Å². The molecule has 2 rings (SSSR count). The first kappa shape index (κ1) is 18.2. The molecule has 0 bridgehead atoms. The van der Waals surface area contributed by atoms with Gasteiger partial charge in [-0.3, -0.25) is 9.89 Å². The normalized spacial score (nSPS) is 18.1. The summed E-state index contributed by atoms with van der Waals surface area (Å²) >= 11 is 0. The molecular weight excluding hydrogens is 305 g/mol. The SMILES string of the molecule is CCN(CC)C1CCN(C(=NC)NCc2ccc(C#N)cc2F)C1. The summed E-state index contributed by atoms with van der Waals surface area (Å²) in [6, 6.07) is 7.05. The fourth-order valence-electron chi connectivity index (χ4n) is 3.24. The van der Waals surface area contributed by atoms with Crippen molar-refractivity contribution in [3.05, 3.63) is 35.1 Å². The third-order valence-corrected chi connectivity index (χ3v) is 4.62. The highest BCUT2D eigenvalue weighted by Crippen LogP contribution is 2.16. The quantitative estimate of drug-likeness (QED) is 0.664. The van der Waals surface area contributed by atoms with Gasteiger partial charge in [-0.1, -0.05) is 19.9 Å². The molecule has 1 aliphatic rings. The molecule has 1 atom stereocenters. The Kier molecular flexibility index (Phi) is 6.56. The van der Waals surface area contributed by atoms with Gasteiger partial charge >= 0.3 is 0 Å². The lowest BCUT2D eigenvalue weighted by atomic mass is 10.1. The minimum atomic E-state index is -0.362. The van der Waals surface area contributed by atoms with Crippen LogP contribution in [0.15, 0.2) is 23.2 Å². The number of rotatable bonds is 5. The van der Waals surface area contributed by atoms with Gasteiger partial charge in [-0.15, -0.1) is 0 Å². The van der Waals surface area contributed by atoms with Crippen molar-refractivity contribution in [2.45, 2.75) is 32.9 Å². The van der Waals surface area contributed by atoms with Crippen LogP contribution in [0.5, 0.6) is 0 Å². The maximum Gasteiger partial charge on any atom is 0.193 e. The summed E-state index contributed by atoms with van der Waals surface area (Å²) in [6.07, 6.45) is 1.12. The van der Waals surface area contributed by atoms with E-state index in [-0.39, 0.29) is 5.82 Å². The molecule has 0 radical (unpaired) electrons. The van der Waals surface area contributed by atoms with E-state index in [2.05, 4.69) is 34.0 Å². The molecule has 1 fully saturated rings. The molecule has 1 aliphatic heterocycles. The minimum absolute atomic E-state index is 0.335. The smallest absolute Gasteiger partial charge is 0.193 e. The molecule has 1 unspecified atom stereocenters. The van der Waals surface area contributed by atoms with Crippen molar-refractivity contribution >= 4 is 5.96 Å². The monoisotopic (exact) mass is 331 g/mol. The Bertz CT molecular complexity index is 618. The lowest BCUT2D eigenvalue weighted by molar-refractivity contribution is 0.223. The number of likely N-dealkylation sites (N-methyl/N-ethyl adjacent to an activating group) is 1. The van der Waals surface area contributed by atoms with Crippen molar-refractivity contribution < 1.29 is 4.39 Å². The molecule has 0 aliphatic carbocycles. The van der Waals surface area contributed by atoms with E-state index in [0.717, 1.165) is 38.6 Å². The Morgan fingerprint density at radius 1 is 1.46 bits per heavy atom. The van der Waals surface area contributed by atoms with Crippen molar-refractivity contribution in [3.8, 4) is 6.07 Å². The number of hydrogen-bond donors (Lipinski definition) is 1. The van der Waals surface area contributed by atoms with Gasteiger partial charge in [0.1, 0.15) is 5.82 Å². The molecule has 1 heterocycles. The molecule has 1 aromatic carbocycles. The summed E-state index contributed by atoms with van der Waals surface area (Å²) in [7, 11) is 1.75. The van der Waals surface area contributed by atoms with Crippen LogP contribution in [0.3, 0.4) is 0 Å². The topological polar surface area (TPSA) is 54.7 Å². The zero-order chi connectivity index (χ0) is 17.5. The molecule has 0 saturated carbocycles. The molecule has 6 heteroatoms. The summed E-state index contributed by atoms with van der Waals surface area (Å²) < 4.78 is 14.0. The molecule has 0 amide bonds. The maximum atomic E-state index is 14.0. The van der Waals surface area contributed by atoms with Gasteiger partial charge in [0.15, 0.2) is 5.96 Å². The minimum Gasteiger partial charge on any atom is -0.352 e. The maximum absolute atomic E-state index is 14.0. The van der Waals surface area contributed by atoms with Crippen LogP contribution in [0.2, 0.25) is 0 Å². The first-order valence-corrected chi connectivity index (χ1v) is 8.51. The van der Waals surface area contributed by atoms with E-state index in [1.807, 2.05) is 6.07 Å². The van der Waals surface area contributed by atoms with Crippen LogP contribution in [0.25, 0.3) is 0 Å². The van der Waals surface area contributed by atoms with Crippen molar-refractivity contribution in [2.75, 3.05) is 33.2 Å². The summed E-state index contributed by atoms with van der Waals surface area (Å²) in [5.74, 6) is 0.438. The van der Waals surface area contributed by atoms with Gasteiger partial charge in [0.25, 0.3) is 0 Å². The second kappa shape index (κ2) is 8.65. The van der Waals surface area contributed by atoms with Crippen LogP contribution in [-0.4, -0.2) is 55.0 Å². The van der Waals surface area contributed by atoms with Crippen molar-refractivity contribution in [1.29, 1.82) is 5.26 Å². The van der Waals surface area contributed by atoms with Crippen molar-refractivity contribution in [2.24, 2.45) is 4.99 Å². The van der Waals surface area contributed by atoms with E-state index in [4.69, 9.17) is 5.26 Å². The Labute approximate surface area is 143 Å². The summed E-state index contributed by atoms with van der Waals surface area (Å²) in [5.41, 5.74) is 0.872. The highest BCUT2D eigenvalue weighted by atomic mass is 19.1. The van der Waals surface area contributed by atoms with Crippen LogP contribution >= 0.6 is 0 Å². The fourth-order valence-corrected chi connectivity index (χ4v) is 3.24. The average molecular weight is 331 g/mol. The summed E-state index contributed by atoms with van der Waals surface area (Å²) in [5, 5.41) is 12.0.